The number of pyridine rings is 1. The smallest absolute Gasteiger partial charge is 0.252 e. The first-order valence-electron chi connectivity index (χ1n) is 15.6. The number of fused-ring (bicyclic) bond motifs is 1. The topological polar surface area (TPSA) is 87.5 Å². The summed E-state index contributed by atoms with van der Waals surface area (Å²) in [6.07, 6.45) is 10.2. The van der Waals surface area contributed by atoms with Crippen LogP contribution in [0.4, 0.5) is 10.1 Å². The predicted octanol–water partition coefficient (Wildman–Crippen LogP) is 7.30. The Balaban J connectivity index is 1.02. The first-order valence-corrected chi connectivity index (χ1v) is 15.6. The Labute approximate surface area is 252 Å². The van der Waals surface area contributed by atoms with Crippen molar-refractivity contribution in [1.29, 1.82) is 0 Å². The molecule has 7 rings (SSSR count). The van der Waals surface area contributed by atoms with E-state index >= 15 is 0 Å². The predicted molar refractivity (Wildman–Crippen MR) is 167 cm³/mol. The fraction of sp³-hybridized carbons (Fsp3) is 0.429. The van der Waals surface area contributed by atoms with Gasteiger partial charge in [0, 0.05) is 43.1 Å². The van der Waals surface area contributed by atoms with Crippen LogP contribution in [0.3, 0.4) is 0 Å². The summed E-state index contributed by atoms with van der Waals surface area (Å²) < 4.78 is 20.2. The van der Waals surface area contributed by atoms with E-state index in [0.717, 1.165) is 31.6 Å². The van der Waals surface area contributed by atoms with Crippen LogP contribution in [0, 0.1) is 11.2 Å². The third-order valence-electron chi connectivity index (χ3n) is 10.2. The van der Waals surface area contributed by atoms with E-state index < -0.39 is 11.7 Å². The van der Waals surface area contributed by atoms with Crippen molar-refractivity contribution >= 4 is 22.6 Å². The highest BCUT2D eigenvalue weighted by Gasteiger charge is 2.50. The zero-order valence-electron chi connectivity index (χ0n) is 25.0. The van der Waals surface area contributed by atoms with Gasteiger partial charge in [-0.2, -0.15) is 0 Å². The highest BCUT2D eigenvalue weighted by atomic mass is 19.1. The number of ether oxygens (including phenoxy) is 1. The standard InChI is InChI=1S/C35H40FN5O2/c1-22(2)26-6-3-4-7-27(26)31-8-5-13-41(31)24-18-35(19-24)11-14-40(15-12-35)23-9-10-28(33(37)42)32(16-23)43-25-17-29-30(36)21-39-34(29)38-20-25/h3-4,6-7,9-10,16-17,20-22,24,31H,5,8,11-15,18-19H2,1-2H3,(H2,37,42)(H,38,39)/t31-/m1/s1. The number of nitrogens with zero attached hydrogens (tertiary/aromatic N) is 3. The van der Waals surface area contributed by atoms with E-state index in [1.54, 1.807) is 12.1 Å². The molecule has 224 valence electrons. The molecule has 1 spiro atoms. The van der Waals surface area contributed by atoms with Crippen LogP contribution >= 0.6 is 0 Å². The summed E-state index contributed by atoms with van der Waals surface area (Å²) in [7, 11) is 0. The first-order chi connectivity index (χ1) is 20.8. The monoisotopic (exact) mass is 581 g/mol. The van der Waals surface area contributed by atoms with Crippen molar-refractivity contribution < 1.29 is 13.9 Å². The number of hydrogen-bond acceptors (Lipinski definition) is 5. The van der Waals surface area contributed by atoms with Gasteiger partial charge in [0.1, 0.15) is 23.0 Å². The molecule has 2 aromatic heterocycles. The summed E-state index contributed by atoms with van der Waals surface area (Å²) in [6, 6.07) is 17.4. The molecule has 1 saturated carbocycles. The van der Waals surface area contributed by atoms with Crippen molar-refractivity contribution in [1.82, 2.24) is 14.9 Å². The molecule has 1 aliphatic carbocycles. The minimum absolute atomic E-state index is 0.285. The van der Waals surface area contributed by atoms with Gasteiger partial charge in [0.15, 0.2) is 0 Å². The summed E-state index contributed by atoms with van der Waals surface area (Å²) in [4.78, 5) is 24.4. The van der Waals surface area contributed by atoms with Crippen molar-refractivity contribution in [3.05, 3.63) is 83.4 Å². The molecule has 43 heavy (non-hydrogen) atoms. The van der Waals surface area contributed by atoms with Crippen molar-refractivity contribution in [2.45, 2.75) is 70.4 Å². The van der Waals surface area contributed by atoms with Gasteiger partial charge in [-0.25, -0.2) is 9.37 Å². The van der Waals surface area contributed by atoms with Gasteiger partial charge in [0.05, 0.1) is 17.1 Å². The van der Waals surface area contributed by atoms with Crippen LogP contribution in [0.5, 0.6) is 11.5 Å². The average molecular weight is 582 g/mol. The Bertz CT molecular complexity index is 1650. The number of hydrogen-bond donors (Lipinski definition) is 2. The minimum atomic E-state index is -0.572. The molecule has 8 heteroatoms. The number of carbonyl (C=O) groups excluding carboxylic acids is 1. The number of rotatable bonds is 7. The van der Waals surface area contributed by atoms with E-state index in [1.165, 1.54) is 55.7 Å². The molecule has 4 aromatic rings. The highest BCUT2D eigenvalue weighted by molar-refractivity contribution is 5.96. The Kier molecular flexibility index (Phi) is 7.12. The number of nitrogens with one attached hydrogen (secondary N) is 1. The van der Waals surface area contributed by atoms with Crippen LogP contribution in [0.1, 0.15) is 85.8 Å². The van der Waals surface area contributed by atoms with E-state index in [2.05, 4.69) is 57.9 Å². The number of benzene rings is 2. The number of anilines is 1. The molecule has 2 aromatic carbocycles. The lowest BCUT2D eigenvalue weighted by Gasteiger charge is -2.56. The summed E-state index contributed by atoms with van der Waals surface area (Å²) in [5, 5.41) is 0.332. The van der Waals surface area contributed by atoms with Gasteiger partial charge >= 0.3 is 0 Å². The summed E-state index contributed by atoms with van der Waals surface area (Å²) >= 11 is 0. The Morgan fingerprint density at radius 2 is 1.91 bits per heavy atom. The number of H-pyrrole nitrogens is 1. The molecule has 2 aliphatic heterocycles. The van der Waals surface area contributed by atoms with Crippen LogP contribution in [0.2, 0.25) is 0 Å². The van der Waals surface area contributed by atoms with E-state index in [9.17, 15) is 9.18 Å². The Hall–Kier alpha value is -3.91. The largest absolute Gasteiger partial charge is 0.455 e. The maximum absolute atomic E-state index is 14.1. The minimum Gasteiger partial charge on any atom is -0.455 e. The molecule has 1 amide bonds. The van der Waals surface area contributed by atoms with E-state index in [0.29, 0.717) is 45.9 Å². The van der Waals surface area contributed by atoms with E-state index in [4.69, 9.17) is 10.5 Å². The number of carbonyl (C=O) groups is 1. The van der Waals surface area contributed by atoms with Gasteiger partial charge in [-0.05, 0) is 85.7 Å². The van der Waals surface area contributed by atoms with Gasteiger partial charge in [-0.3, -0.25) is 9.69 Å². The SMILES string of the molecule is CC(C)c1ccccc1[C@H]1CCCN1C1CC2(CCN(c3ccc(C(N)=O)c(Oc4cnc5[nH]cc(F)c5c4)c3)CC2)C1. The molecule has 3 fully saturated rings. The molecule has 0 unspecified atom stereocenters. The van der Waals surface area contributed by atoms with Crippen molar-refractivity contribution in [2.75, 3.05) is 24.5 Å². The van der Waals surface area contributed by atoms with Crippen LogP contribution in [0.15, 0.2) is 60.9 Å². The molecule has 0 radical (unpaired) electrons. The quantitative estimate of drug-likeness (QED) is 0.239. The Morgan fingerprint density at radius 1 is 1.12 bits per heavy atom. The second-order valence-electron chi connectivity index (χ2n) is 13.1. The molecule has 4 heterocycles. The van der Waals surface area contributed by atoms with Gasteiger partial charge in [0.25, 0.3) is 5.91 Å². The number of halogens is 1. The van der Waals surface area contributed by atoms with Crippen LogP contribution in [-0.2, 0) is 0 Å². The lowest BCUT2D eigenvalue weighted by Crippen LogP contribution is -2.54. The molecule has 7 nitrogen and oxygen atoms in total. The van der Waals surface area contributed by atoms with Crippen molar-refractivity contribution in [3.63, 3.8) is 0 Å². The van der Waals surface area contributed by atoms with Gasteiger partial charge in [-0.15, -0.1) is 0 Å². The second-order valence-corrected chi connectivity index (χ2v) is 13.1. The molecule has 1 atom stereocenters. The average Bonchev–Trinajstić information content (AvgIpc) is 3.62. The lowest BCUT2D eigenvalue weighted by molar-refractivity contribution is -0.0227. The van der Waals surface area contributed by atoms with E-state index in [-0.39, 0.29) is 5.56 Å². The lowest BCUT2D eigenvalue weighted by atomic mass is 9.59. The molecule has 3 aliphatic rings. The number of likely N-dealkylation sites (tertiary alicyclic amines) is 1. The number of aromatic amines is 1. The fourth-order valence-corrected chi connectivity index (χ4v) is 7.85. The number of nitrogens with two attached hydrogens (primary N) is 1. The summed E-state index contributed by atoms with van der Waals surface area (Å²) in [6.45, 7) is 7.74. The van der Waals surface area contributed by atoms with Crippen molar-refractivity contribution in [2.24, 2.45) is 11.1 Å². The Morgan fingerprint density at radius 3 is 2.67 bits per heavy atom. The third-order valence-corrected chi connectivity index (χ3v) is 10.2. The van der Waals surface area contributed by atoms with Gasteiger partial charge < -0.3 is 20.4 Å². The maximum atomic E-state index is 14.1. The van der Waals surface area contributed by atoms with Crippen molar-refractivity contribution in [3.8, 4) is 11.5 Å². The zero-order chi connectivity index (χ0) is 29.7. The molecule has 3 N–H and O–H groups in total. The number of primary amides is 1. The van der Waals surface area contributed by atoms with Gasteiger partial charge in [-0.1, -0.05) is 38.1 Å². The van der Waals surface area contributed by atoms with Gasteiger partial charge in [0.2, 0.25) is 0 Å². The summed E-state index contributed by atoms with van der Waals surface area (Å²) in [5.74, 6) is 0.268. The second kappa shape index (κ2) is 11.0. The number of amides is 1. The molecular weight excluding hydrogens is 541 g/mol. The molecule has 0 bridgehead atoms. The normalized spacial score (nSPS) is 20.7. The molecule has 2 saturated heterocycles. The van der Waals surface area contributed by atoms with Crippen LogP contribution < -0.4 is 15.4 Å². The van der Waals surface area contributed by atoms with Crippen LogP contribution in [-0.4, -0.2) is 46.5 Å². The molecular formula is C35H40FN5O2. The third kappa shape index (κ3) is 5.16. The number of aromatic nitrogens is 2. The highest BCUT2D eigenvalue weighted by Crippen LogP contribution is 2.54. The zero-order valence-corrected chi connectivity index (χ0v) is 25.0. The fourth-order valence-electron chi connectivity index (χ4n) is 7.85. The van der Waals surface area contributed by atoms with E-state index in [1.807, 2.05) is 12.1 Å². The van der Waals surface area contributed by atoms with Crippen LogP contribution in [0.25, 0.3) is 11.0 Å². The maximum Gasteiger partial charge on any atom is 0.252 e. The summed E-state index contributed by atoms with van der Waals surface area (Å²) in [5.41, 5.74) is 10.9. The first kappa shape index (κ1) is 27.9. The number of piperidine rings is 1.